The molecule has 1 aliphatic rings. The molecule has 5 nitrogen and oxygen atoms in total. The van der Waals surface area contributed by atoms with Crippen LogP contribution in [0.2, 0.25) is 0 Å². The topological polar surface area (TPSA) is 63.0 Å². The van der Waals surface area contributed by atoms with Gasteiger partial charge in [-0.25, -0.2) is 0 Å². The molecule has 1 atom stereocenters. The predicted molar refractivity (Wildman–Crippen MR) is 61.1 cm³/mol. The Morgan fingerprint density at radius 1 is 1.50 bits per heavy atom. The quantitative estimate of drug-likeness (QED) is 0.732. The normalized spacial score (nSPS) is 21.2. The molecule has 0 aliphatic carbocycles. The van der Waals surface area contributed by atoms with Crippen LogP contribution in [0.1, 0.15) is 43.4 Å². The highest BCUT2D eigenvalue weighted by atomic mass is 16.5. The van der Waals surface area contributed by atoms with Gasteiger partial charge in [-0.3, -0.25) is 0 Å². The highest BCUT2D eigenvalue weighted by molar-refractivity contribution is 4.94. The average molecular weight is 224 g/mol. The second kappa shape index (κ2) is 5.96. The zero-order valence-corrected chi connectivity index (χ0v) is 9.83. The molecule has 2 N–H and O–H groups in total. The molecule has 2 heterocycles. The summed E-state index contributed by atoms with van der Waals surface area (Å²) in [6.07, 6.45) is 5.54. The van der Waals surface area contributed by atoms with Crippen molar-refractivity contribution in [3.63, 3.8) is 0 Å². The molecule has 0 saturated carbocycles. The summed E-state index contributed by atoms with van der Waals surface area (Å²) in [6, 6.07) is 0.277. The van der Waals surface area contributed by atoms with Gasteiger partial charge in [0.25, 0.3) is 0 Å². The van der Waals surface area contributed by atoms with E-state index < -0.39 is 0 Å². The van der Waals surface area contributed by atoms with E-state index in [0.29, 0.717) is 0 Å². The molecule has 0 amide bonds. The number of piperidine rings is 1. The van der Waals surface area contributed by atoms with E-state index in [1.165, 1.54) is 12.8 Å². The van der Waals surface area contributed by atoms with Crippen LogP contribution in [0.25, 0.3) is 0 Å². The molecular formula is C11H20N4O. The lowest BCUT2D eigenvalue weighted by molar-refractivity contribution is 0.296. The molecule has 0 spiro atoms. The third-order valence-corrected chi connectivity index (χ3v) is 2.92. The van der Waals surface area contributed by atoms with Gasteiger partial charge in [0.1, 0.15) is 0 Å². The van der Waals surface area contributed by atoms with E-state index in [1.807, 2.05) is 7.05 Å². The van der Waals surface area contributed by atoms with Crippen LogP contribution in [-0.4, -0.2) is 30.3 Å². The fourth-order valence-electron chi connectivity index (χ4n) is 2.00. The van der Waals surface area contributed by atoms with Gasteiger partial charge in [0.15, 0.2) is 5.82 Å². The molecule has 5 heteroatoms. The summed E-state index contributed by atoms with van der Waals surface area (Å²) in [5, 5.41) is 10.5. The minimum Gasteiger partial charge on any atom is -0.338 e. The van der Waals surface area contributed by atoms with E-state index in [1.54, 1.807) is 0 Å². The summed E-state index contributed by atoms with van der Waals surface area (Å²) in [7, 11) is 1.95. The third kappa shape index (κ3) is 3.02. The number of hydrogen-bond donors (Lipinski definition) is 2. The van der Waals surface area contributed by atoms with Crippen molar-refractivity contribution in [3.8, 4) is 0 Å². The maximum Gasteiger partial charge on any atom is 0.243 e. The Bertz CT molecular complexity index is 307. The van der Waals surface area contributed by atoms with E-state index in [2.05, 4.69) is 20.8 Å². The lowest BCUT2D eigenvalue weighted by Crippen LogP contribution is -2.27. The highest BCUT2D eigenvalue weighted by Crippen LogP contribution is 2.21. The monoisotopic (exact) mass is 224 g/mol. The van der Waals surface area contributed by atoms with E-state index in [0.717, 1.165) is 44.1 Å². The first-order valence-electron chi connectivity index (χ1n) is 6.10. The molecule has 0 radical (unpaired) electrons. The van der Waals surface area contributed by atoms with E-state index in [4.69, 9.17) is 4.52 Å². The molecule has 1 aromatic rings. The molecule has 0 aromatic carbocycles. The third-order valence-electron chi connectivity index (χ3n) is 2.92. The smallest absolute Gasteiger partial charge is 0.243 e. The number of nitrogens with zero attached hydrogens (tertiary/aromatic N) is 2. The molecule has 1 fully saturated rings. The van der Waals surface area contributed by atoms with Gasteiger partial charge in [-0.15, -0.1) is 0 Å². The van der Waals surface area contributed by atoms with Gasteiger partial charge >= 0.3 is 0 Å². The van der Waals surface area contributed by atoms with Crippen LogP contribution in [0.15, 0.2) is 4.52 Å². The predicted octanol–water partition coefficient (Wildman–Crippen LogP) is 1.04. The number of aromatic nitrogens is 2. The van der Waals surface area contributed by atoms with Crippen molar-refractivity contribution in [1.82, 2.24) is 20.8 Å². The van der Waals surface area contributed by atoms with Gasteiger partial charge in [0.2, 0.25) is 5.89 Å². The van der Waals surface area contributed by atoms with Crippen LogP contribution in [0.5, 0.6) is 0 Å². The van der Waals surface area contributed by atoms with Crippen LogP contribution in [-0.2, 0) is 6.42 Å². The van der Waals surface area contributed by atoms with Gasteiger partial charge in [-0.1, -0.05) is 11.6 Å². The Kier molecular flexibility index (Phi) is 4.30. The zero-order chi connectivity index (χ0) is 11.2. The van der Waals surface area contributed by atoms with Gasteiger partial charge in [-0.05, 0) is 39.4 Å². The highest BCUT2D eigenvalue weighted by Gasteiger charge is 2.20. The fourth-order valence-corrected chi connectivity index (χ4v) is 2.00. The standard InChI is InChI=1S/C11H20N4O/c1-12-7-4-6-10-14-11(16-15-10)9-5-2-3-8-13-9/h9,12-13H,2-8H2,1H3. The first-order valence-corrected chi connectivity index (χ1v) is 6.10. The van der Waals surface area contributed by atoms with E-state index in [9.17, 15) is 0 Å². The molecule has 2 rings (SSSR count). The van der Waals surface area contributed by atoms with Crippen molar-refractivity contribution in [2.24, 2.45) is 0 Å². The van der Waals surface area contributed by atoms with Crippen molar-refractivity contribution in [1.29, 1.82) is 0 Å². The second-order valence-electron chi connectivity index (χ2n) is 4.26. The Morgan fingerprint density at radius 3 is 3.19 bits per heavy atom. The van der Waals surface area contributed by atoms with Crippen LogP contribution < -0.4 is 10.6 Å². The largest absolute Gasteiger partial charge is 0.338 e. The average Bonchev–Trinajstić information content (AvgIpc) is 2.79. The zero-order valence-electron chi connectivity index (χ0n) is 9.83. The number of hydrogen-bond acceptors (Lipinski definition) is 5. The number of nitrogens with one attached hydrogen (secondary N) is 2. The minimum absolute atomic E-state index is 0.277. The molecule has 1 aliphatic heterocycles. The molecule has 90 valence electrons. The van der Waals surface area contributed by atoms with Crippen LogP contribution in [0.4, 0.5) is 0 Å². The van der Waals surface area contributed by atoms with Crippen LogP contribution in [0, 0.1) is 0 Å². The van der Waals surface area contributed by atoms with Gasteiger partial charge in [0, 0.05) is 6.42 Å². The van der Waals surface area contributed by atoms with Crippen molar-refractivity contribution in [2.75, 3.05) is 20.1 Å². The summed E-state index contributed by atoms with van der Waals surface area (Å²) in [5.74, 6) is 1.59. The second-order valence-corrected chi connectivity index (χ2v) is 4.26. The number of rotatable bonds is 5. The van der Waals surface area contributed by atoms with Crippen molar-refractivity contribution in [3.05, 3.63) is 11.7 Å². The van der Waals surface area contributed by atoms with Crippen molar-refractivity contribution in [2.45, 2.75) is 38.1 Å². The minimum atomic E-state index is 0.277. The summed E-state index contributed by atoms with van der Waals surface area (Å²) >= 11 is 0. The summed E-state index contributed by atoms with van der Waals surface area (Å²) in [6.45, 7) is 2.05. The first-order chi connectivity index (χ1) is 7.90. The van der Waals surface area contributed by atoms with Gasteiger partial charge in [0.05, 0.1) is 6.04 Å². The molecule has 16 heavy (non-hydrogen) atoms. The van der Waals surface area contributed by atoms with Gasteiger partial charge in [-0.2, -0.15) is 4.98 Å². The van der Waals surface area contributed by atoms with Gasteiger partial charge < -0.3 is 15.2 Å². The van der Waals surface area contributed by atoms with Crippen molar-refractivity contribution >= 4 is 0 Å². The maximum absolute atomic E-state index is 5.29. The molecule has 1 aromatic heterocycles. The van der Waals surface area contributed by atoms with E-state index >= 15 is 0 Å². The van der Waals surface area contributed by atoms with Crippen LogP contribution in [0.3, 0.4) is 0 Å². The maximum atomic E-state index is 5.29. The molecule has 1 saturated heterocycles. The number of aryl methyl sites for hydroxylation is 1. The fraction of sp³-hybridized carbons (Fsp3) is 0.818. The summed E-state index contributed by atoms with van der Waals surface area (Å²) in [4.78, 5) is 4.44. The lowest BCUT2D eigenvalue weighted by atomic mass is 10.1. The lowest BCUT2D eigenvalue weighted by Gasteiger charge is -2.19. The molecule has 0 bridgehead atoms. The van der Waals surface area contributed by atoms with Crippen molar-refractivity contribution < 1.29 is 4.52 Å². The van der Waals surface area contributed by atoms with Crippen LogP contribution >= 0.6 is 0 Å². The Hall–Kier alpha value is -0.940. The summed E-state index contributed by atoms with van der Waals surface area (Å²) < 4.78 is 5.29. The Morgan fingerprint density at radius 2 is 2.44 bits per heavy atom. The first kappa shape index (κ1) is 11.5. The summed E-state index contributed by atoms with van der Waals surface area (Å²) in [5.41, 5.74) is 0. The Balaban J connectivity index is 1.85. The molecule has 1 unspecified atom stereocenters. The Labute approximate surface area is 96.0 Å². The van der Waals surface area contributed by atoms with E-state index in [-0.39, 0.29) is 6.04 Å². The molecular weight excluding hydrogens is 204 g/mol. The SMILES string of the molecule is CNCCCc1noc(C2CCCCN2)n1.